The van der Waals surface area contributed by atoms with Crippen LogP contribution >= 0.6 is 0 Å². The zero-order chi connectivity index (χ0) is 11.5. The second kappa shape index (κ2) is 4.47. The van der Waals surface area contributed by atoms with Gasteiger partial charge in [-0.05, 0) is 24.8 Å². The summed E-state index contributed by atoms with van der Waals surface area (Å²) in [7, 11) is 1.33. The number of esters is 1. The molecule has 1 atom stereocenters. The smallest absolute Gasteiger partial charge is 0.316 e. The third-order valence-electron chi connectivity index (χ3n) is 3.02. The van der Waals surface area contributed by atoms with Crippen LogP contribution in [0, 0.1) is 5.92 Å². The van der Waals surface area contributed by atoms with Gasteiger partial charge < -0.3 is 4.74 Å². The molecule has 0 bridgehead atoms. The number of hydrogen-bond donors (Lipinski definition) is 0. The number of aryl methyl sites for hydroxylation is 1. The van der Waals surface area contributed by atoms with Crippen LogP contribution < -0.4 is 0 Å². The van der Waals surface area contributed by atoms with Gasteiger partial charge in [-0.15, -0.1) is 0 Å². The van der Waals surface area contributed by atoms with E-state index in [1.807, 2.05) is 18.2 Å². The fourth-order valence-electron chi connectivity index (χ4n) is 2.16. The molecule has 1 aromatic rings. The lowest BCUT2D eigenvalue weighted by molar-refractivity contribution is -0.143. The van der Waals surface area contributed by atoms with Gasteiger partial charge in [0, 0.05) is 5.56 Å². The first kappa shape index (κ1) is 10.9. The number of fused-ring (bicyclic) bond motifs is 1. The fourth-order valence-corrected chi connectivity index (χ4v) is 2.16. The first-order valence-electron chi connectivity index (χ1n) is 5.44. The van der Waals surface area contributed by atoms with Crippen LogP contribution in [0.3, 0.4) is 0 Å². The van der Waals surface area contributed by atoms with Gasteiger partial charge in [0.2, 0.25) is 0 Å². The molecule has 0 amide bonds. The predicted octanol–water partition coefficient (Wildman–Crippen LogP) is 1.99. The van der Waals surface area contributed by atoms with Crippen molar-refractivity contribution >= 4 is 11.8 Å². The molecule has 0 fully saturated rings. The number of Topliss-reactive ketones (excluding diaryl/α,β-unsaturated/α-hetero) is 1. The largest absolute Gasteiger partial charge is 0.468 e. The Morgan fingerprint density at radius 1 is 1.38 bits per heavy atom. The van der Waals surface area contributed by atoms with E-state index in [4.69, 9.17) is 0 Å². The molecule has 0 aromatic heterocycles. The van der Waals surface area contributed by atoms with Gasteiger partial charge in [-0.25, -0.2) is 0 Å². The Balaban J connectivity index is 2.37. The molecular weight excluding hydrogens is 204 g/mol. The van der Waals surface area contributed by atoms with Gasteiger partial charge in [-0.2, -0.15) is 0 Å². The molecule has 1 unspecified atom stereocenters. The van der Waals surface area contributed by atoms with Crippen molar-refractivity contribution in [2.75, 3.05) is 7.11 Å². The Hall–Kier alpha value is -1.64. The summed E-state index contributed by atoms with van der Waals surface area (Å²) in [6.07, 6.45) is 2.29. The highest BCUT2D eigenvalue weighted by Gasteiger charge is 2.31. The number of ether oxygens (including phenoxy) is 1. The van der Waals surface area contributed by atoms with Crippen LogP contribution in [0.2, 0.25) is 0 Å². The normalized spacial score (nSPS) is 19.8. The zero-order valence-corrected chi connectivity index (χ0v) is 9.23. The zero-order valence-electron chi connectivity index (χ0n) is 9.23. The van der Waals surface area contributed by atoms with Gasteiger partial charge in [0.05, 0.1) is 7.11 Å². The monoisotopic (exact) mass is 218 g/mol. The molecule has 1 aromatic carbocycles. The summed E-state index contributed by atoms with van der Waals surface area (Å²) in [5, 5.41) is 0. The molecule has 3 nitrogen and oxygen atoms in total. The summed E-state index contributed by atoms with van der Waals surface area (Å²) in [4.78, 5) is 23.6. The molecule has 2 rings (SSSR count). The molecule has 1 aliphatic rings. The Morgan fingerprint density at radius 2 is 2.12 bits per heavy atom. The standard InChI is InChI=1S/C13H14O3/c1-16-13(15)11-8-4-6-9-5-2-3-7-10(9)12(11)14/h2-3,5,7,11H,4,6,8H2,1H3. The van der Waals surface area contributed by atoms with E-state index < -0.39 is 11.9 Å². The van der Waals surface area contributed by atoms with E-state index in [2.05, 4.69) is 4.74 Å². The van der Waals surface area contributed by atoms with Crippen molar-refractivity contribution in [3.8, 4) is 0 Å². The molecule has 0 aliphatic heterocycles. The van der Waals surface area contributed by atoms with E-state index >= 15 is 0 Å². The number of carbonyl (C=O) groups excluding carboxylic acids is 2. The Morgan fingerprint density at radius 3 is 2.88 bits per heavy atom. The van der Waals surface area contributed by atoms with Gasteiger partial charge in [0.25, 0.3) is 0 Å². The quantitative estimate of drug-likeness (QED) is 0.411. The molecule has 0 radical (unpaired) electrons. The van der Waals surface area contributed by atoms with Crippen molar-refractivity contribution in [1.82, 2.24) is 0 Å². The van der Waals surface area contributed by atoms with Gasteiger partial charge in [-0.1, -0.05) is 24.3 Å². The van der Waals surface area contributed by atoms with Gasteiger partial charge in [0.15, 0.2) is 5.78 Å². The predicted molar refractivity (Wildman–Crippen MR) is 59.2 cm³/mol. The summed E-state index contributed by atoms with van der Waals surface area (Å²) in [5.74, 6) is -1.13. The number of carbonyl (C=O) groups is 2. The van der Waals surface area contributed by atoms with Crippen molar-refractivity contribution in [1.29, 1.82) is 0 Å². The second-order valence-corrected chi connectivity index (χ2v) is 3.99. The summed E-state index contributed by atoms with van der Waals surface area (Å²) >= 11 is 0. The lowest BCUT2D eigenvalue weighted by Gasteiger charge is -2.10. The number of benzene rings is 1. The molecule has 84 valence electrons. The third kappa shape index (κ3) is 1.85. The van der Waals surface area contributed by atoms with Crippen LogP contribution in [0.15, 0.2) is 24.3 Å². The molecule has 0 spiro atoms. The maximum absolute atomic E-state index is 12.1. The van der Waals surface area contributed by atoms with Crippen molar-refractivity contribution in [3.63, 3.8) is 0 Å². The minimum absolute atomic E-state index is 0.0973. The highest BCUT2D eigenvalue weighted by atomic mass is 16.5. The van der Waals surface area contributed by atoms with Crippen LogP contribution in [-0.4, -0.2) is 18.9 Å². The molecule has 1 aliphatic carbocycles. The second-order valence-electron chi connectivity index (χ2n) is 3.99. The van der Waals surface area contributed by atoms with Crippen molar-refractivity contribution in [2.24, 2.45) is 5.92 Å². The fraction of sp³-hybridized carbons (Fsp3) is 0.385. The summed E-state index contributed by atoms with van der Waals surface area (Å²) < 4.78 is 4.67. The van der Waals surface area contributed by atoms with Crippen LogP contribution in [0.5, 0.6) is 0 Å². The molecule has 3 heteroatoms. The lowest BCUT2D eigenvalue weighted by Crippen LogP contribution is -2.24. The van der Waals surface area contributed by atoms with E-state index in [9.17, 15) is 9.59 Å². The van der Waals surface area contributed by atoms with E-state index in [1.54, 1.807) is 6.07 Å². The van der Waals surface area contributed by atoms with Gasteiger partial charge in [-0.3, -0.25) is 9.59 Å². The maximum Gasteiger partial charge on any atom is 0.316 e. The summed E-state index contributed by atoms with van der Waals surface area (Å²) in [6.45, 7) is 0. The minimum atomic E-state index is -0.617. The first-order chi connectivity index (χ1) is 7.74. The highest BCUT2D eigenvalue weighted by molar-refractivity contribution is 6.09. The molecular formula is C13H14O3. The molecule has 16 heavy (non-hydrogen) atoms. The van der Waals surface area contributed by atoms with E-state index in [0.29, 0.717) is 12.0 Å². The number of methoxy groups -OCH3 is 1. The first-order valence-corrected chi connectivity index (χ1v) is 5.44. The van der Waals surface area contributed by atoms with E-state index in [0.717, 1.165) is 18.4 Å². The lowest BCUT2D eigenvalue weighted by atomic mass is 9.95. The molecule has 0 heterocycles. The average Bonchev–Trinajstić information content (AvgIpc) is 2.49. The van der Waals surface area contributed by atoms with Crippen molar-refractivity contribution in [3.05, 3.63) is 35.4 Å². The van der Waals surface area contributed by atoms with Crippen LogP contribution in [-0.2, 0) is 16.0 Å². The van der Waals surface area contributed by atoms with Gasteiger partial charge >= 0.3 is 5.97 Å². The van der Waals surface area contributed by atoms with Crippen molar-refractivity contribution < 1.29 is 14.3 Å². The number of hydrogen-bond acceptors (Lipinski definition) is 3. The highest BCUT2D eigenvalue weighted by Crippen LogP contribution is 2.25. The van der Waals surface area contributed by atoms with Gasteiger partial charge in [0.1, 0.15) is 5.92 Å². The number of rotatable bonds is 1. The molecule has 0 saturated carbocycles. The van der Waals surface area contributed by atoms with E-state index in [-0.39, 0.29) is 5.78 Å². The van der Waals surface area contributed by atoms with E-state index in [1.165, 1.54) is 7.11 Å². The van der Waals surface area contributed by atoms with Crippen LogP contribution in [0.1, 0.15) is 28.8 Å². The third-order valence-corrected chi connectivity index (χ3v) is 3.02. The SMILES string of the molecule is COC(=O)C1CCCc2ccccc2C1=O. The molecule has 0 saturated heterocycles. The Kier molecular flexibility index (Phi) is 3.04. The van der Waals surface area contributed by atoms with Crippen LogP contribution in [0.25, 0.3) is 0 Å². The summed E-state index contributed by atoms with van der Waals surface area (Å²) in [6, 6.07) is 7.49. The van der Waals surface area contributed by atoms with Crippen LogP contribution in [0.4, 0.5) is 0 Å². The Labute approximate surface area is 94.4 Å². The topological polar surface area (TPSA) is 43.4 Å². The number of ketones is 1. The minimum Gasteiger partial charge on any atom is -0.468 e. The Bertz CT molecular complexity index is 423. The summed E-state index contributed by atoms with van der Waals surface area (Å²) in [5.41, 5.74) is 1.72. The maximum atomic E-state index is 12.1. The average molecular weight is 218 g/mol. The molecule has 0 N–H and O–H groups in total. The van der Waals surface area contributed by atoms with Crippen molar-refractivity contribution in [2.45, 2.75) is 19.3 Å².